The smallest absolute Gasteiger partial charge is 0.378 e. The molecule has 0 aromatic heterocycles. The van der Waals surface area contributed by atoms with Crippen LogP contribution >= 0.6 is 0 Å². The van der Waals surface area contributed by atoms with Crippen LogP contribution in [0, 0.1) is 0 Å². The van der Waals surface area contributed by atoms with Crippen molar-refractivity contribution in [3.63, 3.8) is 0 Å². The van der Waals surface area contributed by atoms with Crippen molar-refractivity contribution in [2.45, 2.75) is 12.4 Å². The fourth-order valence-corrected chi connectivity index (χ4v) is 4.11. The maximum atomic E-state index is 13.9. The average Bonchev–Trinajstić information content (AvgIpc) is 3.29. The Kier molecular flexibility index (Phi) is 5.81. The van der Waals surface area contributed by atoms with E-state index in [1.807, 2.05) is 0 Å². The van der Waals surface area contributed by atoms with Gasteiger partial charge in [0.1, 0.15) is 0 Å². The lowest BCUT2D eigenvalue weighted by molar-refractivity contribution is -0.138. The molecule has 0 saturated heterocycles. The molecule has 2 aromatic carbocycles. The summed E-state index contributed by atoms with van der Waals surface area (Å²) in [4.78, 5) is 28.6. The molecule has 0 spiro atoms. The van der Waals surface area contributed by atoms with E-state index in [0.717, 1.165) is 24.3 Å². The number of carbonyl (C=O) groups is 2. The molecule has 0 atom stereocenters. The molecule has 2 N–H and O–H groups in total. The number of nitrogens with zero attached hydrogens (tertiary/aromatic N) is 2. The van der Waals surface area contributed by atoms with Crippen LogP contribution in [0.3, 0.4) is 0 Å². The molecular formula is C24H20F6N4O2. The number of halogens is 6. The van der Waals surface area contributed by atoms with Crippen molar-refractivity contribution in [3.8, 4) is 0 Å². The molecule has 12 heteroatoms. The molecule has 4 rings (SSSR count). The second-order valence-corrected chi connectivity index (χ2v) is 8.65. The number of carbonyl (C=O) groups excluding carboxylic acids is 2. The first-order valence-corrected chi connectivity index (χ1v) is 10.5. The highest BCUT2D eigenvalue weighted by molar-refractivity contribution is 6.30. The third-order valence-corrected chi connectivity index (χ3v) is 5.87. The first-order valence-electron chi connectivity index (χ1n) is 10.5. The Morgan fingerprint density at radius 1 is 0.611 bits per heavy atom. The van der Waals surface area contributed by atoms with Crippen LogP contribution in [0.15, 0.2) is 47.5 Å². The van der Waals surface area contributed by atoms with Crippen LogP contribution in [-0.4, -0.2) is 40.0 Å². The predicted molar refractivity (Wildman–Crippen MR) is 122 cm³/mol. The Morgan fingerprint density at radius 3 is 1.22 bits per heavy atom. The van der Waals surface area contributed by atoms with Gasteiger partial charge in [-0.2, -0.15) is 26.3 Å². The second-order valence-electron chi connectivity index (χ2n) is 8.65. The minimum absolute atomic E-state index is 0.226. The van der Waals surface area contributed by atoms with E-state index in [9.17, 15) is 35.9 Å². The molecular weight excluding hydrogens is 490 g/mol. The number of amides is 2. The van der Waals surface area contributed by atoms with Gasteiger partial charge in [-0.05, 0) is 24.3 Å². The molecule has 0 aliphatic carbocycles. The van der Waals surface area contributed by atoms with Gasteiger partial charge in [0.05, 0.1) is 33.7 Å². The number of fused-ring (bicyclic) bond motifs is 1. The lowest BCUT2D eigenvalue weighted by Gasteiger charge is -2.19. The van der Waals surface area contributed by atoms with Crippen LogP contribution in [0.4, 0.5) is 37.7 Å². The highest BCUT2D eigenvalue weighted by atomic mass is 19.4. The lowest BCUT2D eigenvalue weighted by Crippen LogP contribution is -2.24. The van der Waals surface area contributed by atoms with Crippen molar-refractivity contribution in [1.29, 1.82) is 0 Å². The van der Waals surface area contributed by atoms with Crippen LogP contribution in [0.25, 0.3) is 11.4 Å². The Hall–Kier alpha value is -3.96. The number of rotatable bonds is 4. The van der Waals surface area contributed by atoms with Crippen molar-refractivity contribution in [1.82, 2.24) is 10.6 Å². The van der Waals surface area contributed by atoms with Gasteiger partial charge in [0.2, 0.25) is 0 Å². The van der Waals surface area contributed by atoms with Crippen molar-refractivity contribution in [3.05, 3.63) is 69.8 Å². The molecule has 2 aliphatic heterocycles. The minimum Gasteiger partial charge on any atom is -0.378 e. The molecule has 0 radical (unpaired) electrons. The van der Waals surface area contributed by atoms with E-state index in [0.29, 0.717) is 0 Å². The summed E-state index contributed by atoms with van der Waals surface area (Å²) in [6.07, 6.45) is -9.68. The van der Waals surface area contributed by atoms with Crippen LogP contribution < -0.4 is 20.4 Å². The number of alkyl halides is 6. The number of hydrogen-bond acceptors (Lipinski definition) is 4. The highest BCUT2D eigenvalue weighted by Gasteiger charge is 2.45. The van der Waals surface area contributed by atoms with Gasteiger partial charge in [-0.1, -0.05) is 12.1 Å². The molecule has 0 bridgehead atoms. The predicted octanol–water partition coefficient (Wildman–Crippen LogP) is 4.24. The van der Waals surface area contributed by atoms with E-state index in [1.54, 1.807) is 28.2 Å². The molecule has 2 heterocycles. The average molecular weight is 510 g/mol. The van der Waals surface area contributed by atoms with E-state index < -0.39 is 69.0 Å². The van der Waals surface area contributed by atoms with Gasteiger partial charge in [-0.25, -0.2) is 0 Å². The maximum absolute atomic E-state index is 13.9. The van der Waals surface area contributed by atoms with Gasteiger partial charge < -0.3 is 20.4 Å². The third kappa shape index (κ3) is 4.16. The van der Waals surface area contributed by atoms with Crippen molar-refractivity contribution >= 4 is 34.6 Å². The molecule has 2 aliphatic rings. The van der Waals surface area contributed by atoms with Crippen LogP contribution in [0.5, 0.6) is 0 Å². The topological polar surface area (TPSA) is 64.7 Å². The molecule has 0 saturated carbocycles. The summed E-state index contributed by atoms with van der Waals surface area (Å²) < 4.78 is 83.5. The van der Waals surface area contributed by atoms with Crippen LogP contribution in [-0.2, 0) is 21.9 Å². The summed E-state index contributed by atoms with van der Waals surface area (Å²) >= 11 is 0. The van der Waals surface area contributed by atoms with Gasteiger partial charge in [-0.15, -0.1) is 0 Å². The van der Waals surface area contributed by atoms with Gasteiger partial charge in [0.25, 0.3) is 11.8 Å². The fourth-order valence-electron chi connectivity index (χ4n) is 4.11. The fraction of sp³-hybridized carbons (Fsp3) is 0.250. The van der Waals surface area contributed by atoms with Crippen LogP contribution in [0.2, 0.25) is 0 Å². The second kappa shape index (κ2) is 8.32. The van der Waals surface area contributed by atoms with Gasteiger partial charge in [-0.3, -0.25) is 9.59 Å². The third-order valence-electron chi connectivity index (χ3n) is 5.87. The normalized spacial score (nSPS) is 15.8. The van der Waals surface area contributed by atoms with Gasteiger partial charge in [0.15, 0.2) is 0 Å². The number of anilines is 2. The zero-order valence-corrected chi connectivity index (χ0v) is 19.4. The summed E-state index contributed by atoms with van der Waals surface area (Å²) in [5.41, 5.74) is -4.42. The maximum Gasteiger partial charge on any atom is 0.417 e. The zero-order chi connectivity index (χ0) is 26.7. The Balaban J connectivity index is 1.97. The Bertz CT molecular complexity index is 1250. The van der Waals surface area contributed by atoms with E-state index in [1.165, 1.54) is 21.9 Å². The number of hydrogen-bond donors (Lipinski definition) is 2. The summed E-state index contributed by atoms with van der Waals surface area (Å²) in [5, 5.41) is 4.54. The molecule has 2 aromatic rings. The molecule has 0 fully saturated rings. The standard InChI is InChI=1S/C24H20F6N4O2/c1-33(2)11-5-7-13(15(9-11)23(25,26)27)19-17-18(22(36)31-19)20(32-21(17)35)14-8-6-12(34(3)4)10-16(14)24(28,29)30/h5-10H,1-4H3,(H,31,36)(H,32,35). The van der Waals surface area contributed by atoms with E-state index in [-0.39, 0.29) is 11.4 Å². The summed E-state index contributed by atoms with van der Waals surface area (Å²) in [6.45, 7) is 0. The quantitative estimate of drug-likeness (QED) is 0.605. The molecule has 36 heavy (non-hydrogen) atoms. The molecule has 6 nitrogen and oxygen atoms in total. The highest BCUT2D eigenvalue weighted by Crippen LogP contribution is 2.45. The van der Waals surface area contributed by atoms with Crippen molar-refractivity contribution in [2.24, 2.45) is 0 Å². The van der Waals surface area contributed by atoms with Gasteiger partial charge in [0, 0.05) is 50.7 Å². The number of benzene rings is 2. The van der Waals surface area contributed by atoms with Crippen LogP contribution in [0.1, 0.15) is 22.3 Å². The molecule has 2 amide bonds. The minimum atomic E-state index is -4.84. The van der Waals surface area contributed by atoms with Gasteiger partial charge >= 0.3 is 12.4 Å². The first-order chi connectivity index (χ1) is 16.6. The first kappa shape index (κ1) is 25.1. The summed E-state index contributed by atoms with van der Waals surface area (Å²) in [5.74, 6) is -1.97. The summed E-state index contributed by atoms with van der Waals surface area (Å²) in [6, 6.07) is 6.71. The van der Waals surface area contributed by atoms with Crippen molar-refractivity contribution < 1.29 is 35.9 Å². The van der Waals surface area contributed by atoms with Crippen molar-refractivity contribution in [2.75, 3.05) is 38.0 Å². The monoisotopic (exact) mass is 510 g/mol. The largest absolute Gasteiger partial charge is 0.417 e. The Labute approximate surface area is 201 Å². The Morgan fingerprint density at radius 2 is 0.944 bits per heavy atom. The lowest BCUT2D eigenvalue weighted by atomic mass is 9.96. The van der Waals surface area contributed by atoms with E-state index in [4.69, 9.17) is 0 Å². The zero-order valence-electron chi connectivity index (χ0n) is 19.4. The summed E-state index contributed by atoms with van der Waals surface area (Å²) in [7, 11) is 6.19. The number of nitrogens with one attached hydrogen (secondary N) is 2. The van der Waals surface area contributed by atoms with E-state index in [2.05, 4.69) is 10.6 Å². The molecule has 190 valence electrons. The SMILES string of the molecule is CN(C)c1ccc(C2=C3C(=O)NC(c4ccc(N(C)C)cc4C(F)(F)F)=C3C(=O)N2)c(C(F)(F)F)c1. The molecule has 0 unspecified atom stereocenters. The van der Waals surface area contributed by atoms with E-state index >= 15 is 0 Å².